The maximum Gasteiger partial charge on any atom is 0.231 e. The summed E-state index contributed by atoms with van der Waals surface area (Å²) in [6.07, 6.45) is 1.73. The molecule has 1 saturated heterocycles. The lowest BCUT2D eigenvalue weighted by molar-refractivity contribution is 0.174. The quantitative estimate of drug-likeness (QED) is 0.857. The SMILES string of the molecule is S=c1nc(N2CCN(Cc3ccc4c(c3)OCO4)CC2)cn[nH]1. The Labute approximate surface area is 138 Å². The number of ether oxygens (including phenoxy) is 2. The Morgan fingerprint density at radius 1 is 1.13 bits per heavy atom. The highest BCUT2D eigenvalue weighted by Crippen LogP contribution is 2.32. The minimum absolute atomic E-state index is 0.317. The van der Waals surface area contributed by atoms with Gasteiger partial charge in [0.15, 0.2) is 17.3 Å². The molecule has 0 radical (unpaired) electrons. The maximum atomic E-state index is 5.44. The van der Waals surface area contributed by atoms with E-state index in [2.05, 4.69) is 37.1 Å². The van der Waals surface area contributed by atoms with Crippen LogP contribution in [0.5, 0.6) is 11.5 Å². The normalized spacial score (nSPS) is 17.5. The standard InChI is InChI=1S/C15H17N5O2S/c23-15-17-14(8-16-18-15)20-5-3-19(4-6-20)9-11-1-2-12-13(7-11)22-10-21-12/h1-2,7-8H,3-6,9-10H2,(H,17,18,23). The first-order chi connectivity index (χ1) is 11.3. The third-order valence-electron chi connectivity index (χ3n) is 4.10. The molecular formula is C15H17N5O2S. The fraction of sp³-hybridized carbons (Fsp3) is 0.400. The van der Waals surface area contributed by atoms with Gasteiger partial charge < -0.3 is 14.4 Å². The van der Waals surface area contributed by atoms with E-state index in [0.29, 0.717) is 11.6 Å². The van der Waals surface area contributed by atoms with Crippen molar-refractivity contribution in [2.45, 2.75) is 6.54 Å². The first-order valence-corrected chi connectivity index (χ1v) is 7.96. The second kappa shape index (κ2) is 6.13. The third-order valence-corrected chi connectivity index (χ3v) is 4.28. The molecule has 2 aliphatic heterocycles. The highest BCUT2D eigenvalue weighted by atomic mass is 32.1. The Kier molecular flexibility index (Phi) is 3.84. The molecule has 1 fully saturated rings. The van der Waals surface area contributed by atoms with Crippen molar-refractivity contribution in [3.05, 3.63) is 34.7 Å². The number of hydrogen-bond donors (Lipinski definition) is 1. The molecule has 8 heteroatoms. The fourth-order valence-electron chi connectivity index (χ4n) is 2.89. The molecule has 120 valence electrons. The van der Waals surface area contributed by atoms with Gasteiger partial charge in [0, 0.05) is 32.7 Å². The molecule has 7 nitrogen and oxygen atoms in total. The number of hydrogen-bond acceptors (Lipinski definition) is 7. The van der Waals surface area contributed by atoms with E-state index in [-0.39, 0.29) is 0 Å². The van der Waals surface area contributed by atoms with Crippen LogP contribution in [-0.4, -0.2) is 53.1 Å². The van der Waals surface area contributed by atoms with E-state index in [1.807, 2.05) is 6.07 Å². The van der Waals surface area contributed by atoms with E-state index < -0.39 is 0 Å². The number of rotatable bonds is 3. The Hall–Kier alpha value is -2.19. The van der Waals surface area contributed by atoms with Crippen LogP contribution in [0.25, 0.3) is 0 Å². The van der Waals surface area contributed by atoms with Gasteiger partial charge in [0.05, 0.1) is 6.20 Å². The first kappa shape index (κ1) is 14.4. The molecule has 1 N–H and O–H groups in total. The zero-order valence-electron chi connectivity index (χ0n) is 12.6. The fourth-order valence-corrected chi connectivity index (χ4v) is 3.03. The average Bonchev–Trinajstić information content (AvgIpc) is 3.03. The number of piperazine rings is 1. The summed E-state index contributed by atoms with van der Waals surface area (Å²) >= 11 is 5.03. The summed E-state index contributed by atoms with van der Waals surface area (Å²) in [6, 6.07) is 6.15. The van der Waals surface area contributed by atoms with Crippen molar-refractivity contribution >= 4 is 18.0 Å². The van der Waals surface area contributed by atoms with Gasteiger partial charge in [-0.25, -0.2) is 0 Å². The van der Waals surface area contributed by atoms with Crippen LogP contribution in [0.2, 0.25) is 0 Å². The largest absolute Gasteiger partial charge is 0.454 e. The van der Waals surface area contributed by atoms with E-state index in [4.69, 9.17) is 21.7 Å². The molecule has 0 aliphatic carbocycles. The predicted molar refractivity (Wildman–Crippen MR) is 87.3 cm³/mol. The first-order valence-electron chi connectivity index (χ1n) is 7.55. The van der Waals surface area contributed by atoms with Crippen molar-refractivity contribution in [1.82, 2.24) is 20.1 Å². The molecule has 0 amide bonds. The van der Waals surface area contributed by atoms with Crippen LogP contribution in [0.1, 0.15) is 5.56 Å². The van der Waals surface area contributed by atoms with Gasteiger partial charge in [0.2, 0.25) is 11.6 Å². The summed E-state index contributed by atoms with van der Waals surface area (Å²) in [6.45, 7) is 5.00. The second-order valence-corrected chi connectivity index (χ2v) is 5.98. The third kappa shape index (κ3) is 3.13. The minimum Gasteiger partial charge on any atom is -0.454 e. The number of nitrogens with one attached hydrogen (secondary N) is 1. The molecule has 3 heterocycles. The Bertz CT molecular complexity index is 758. The highest BCUT2D eigenvalue weighted by Gasteiger charge is 2.20. The lowest BCUT2D eigenvalue weighted by Crippen LogP contribution is -2.46. The molecule has 23 heavy (non-hydrogen) atoms. The maximum absolute atomic E-state index is 5.44. The van der Waals surface area contributed by atoms with Gasteiger partial charge in [0.1, 0.15) is 0 Å². The Balaban J connectivity index is 1.37. The van der Waals surface area contributed by atoms with Crippen LogP contribution in [0.15, 0.2) is 24.4 Å². The molecule has 0 spiro atoms. The van der Waals surface area contributed by atoms with Gasteiger partial charge in [-0.1, -0.05) is 6.07 Å². The van der Waals surface area contributed by atoms with Gasteiger partial charge >= 0.3 is 0 Å². The van der Waals surface area contributed by atoms with Crippen molar-refractivity contribution in [3.8, 4) is 11.5 Å². The summed E-state index contributed by atoms with van der Waals surface area (Å²) in [5, 5.41) is 6.67. The lowest BCUT2D eigenvalue weighted by atomic mass is 10.1. The van der Waals surface area contributed by atoms with Gasteiger partial charge in [-0.05, 0) is 29.9 Å². The number of aromatic amines is 1. The van der Waals surface area contributed by atoms with E-state index in [1.54, 1.807) is 6.20 Å². The van der Waals surface area contributed by atoms with E-state index in [1.165, 1.54) is 5.56 Å². The van der Waals surface area contributed by atoms with E-state index in [9.17, 15) is 0 Å². The monoisotopic (exact) mass is 331 g/mol. The molecule has 2 aliphatic rings. The molecular weight excluding hydrogens is 314 g/mol. The van der Waals surface area contributed by atoms with Crippen LogP contribution in [0.3, 0.4) is 0 Å². The van der Waals surface area contributed by atoms with Gasteiger partial charge in [-0.2, -0.15) is 10.1 Å². The van der Waals surface area contributed by atoms with Crippen molar-refractivity contribution in [1.29, 1.82) is 0 Å². The molecule has 4 rings (SSSR count). The molecule has 2 aromatic rings. The molecule has 1 aromatic heterocycles. The summed E-state index contributed by atoms with van der Waals surface area (Å²) in [5.74, 6) is 2.52. The molecule has 0 bridgehead atoms. The van der Waals surface area contributed by atoms with E-state index in [0.717, 1.165) is 50.0 Å². The number of H-pyrrole nitrogens is 1. The zero-order chi connectivity index (χ0) is 15.6. The van der Waals surface area contributed by atoms with Gasteiger partial charge in [0.25, 0.3) is 0 Å². The topological polar surface area (TPSA) is 66.5 Å². The molecule has 0 atom stereocenters. The number of anilines is 1. The van der Waals surface area contributed by atoms with Crippen LogP contribution < -0.4 is 14.4 Å². The summed E-state index contributed by atoms with van der Waals surface area (Å²) in [7, 11) is 0. The minimum atomic E-state index is 0.317. The Morgan fingerprint density at radius 2 is 1.96 bits per heavy atom. The second-order valence-electron chi connectivity index (χ2n) is 5.60. The van der Waals surface area contributed by atoms with Crippen LogP contribution in [-0.2, 0) is 6.54 Å². The lowest BCUT2D eigenvalue weighted by Gasteiger charge is -2.35. The van der Waals surface area contributed by atoms with Crippen molar-refractivity contribution in [2.75, 3.05) is 37.9 Å². The van der Waals surface area contributed by atoms with Crippen molar-refractivity contribution in [2.24, 2.45) is 0 Å². The molecule has 0 saturated carbocycles. The predicted octanol–water partition coefficient (Wildman–Crippen LogP) is 1.59. The number of fused-ring (bicyclic) bond motifs is 1. The summed E-state index contributed by atoms with van der Waals surface area (Å²) in [4.78, 5) is 8.96. The Morgan fingerprint density at radius 3 is 2.78 bits per heavy atom. The van der Waals surface area contributed by atoms with E-state index >= 15 is 0 Å². The van der Waals surface area contributed by atoms with Crippen LogP contribution in [0.4, 0.5) is 5.82 Å². The van der Waals surface area contributed by atoms with Crippen LogP contribution in [0, 0.1) is 4.77 Å². The van der Waals surface area contributed by atoms with Crippen LogP contribution >= 0.6 is 12.2 Å². The van der Waals surface area contributed by atoms with Gasteiger partial charge in [-0.15, -0.1) is 0 Å². The number of nitrogens with zero attached hydrogens (tertiary/aromatic N) is 4. The smallest absolute Gasteiger partial charge is 0.231 e. The number of benzene rings is 1. The molecule has 1 aromatic carbocycles. The van der Waals surface area contributed by atoms with Gasteiger partial charge in [-0.3, -0.25) is 10.00 Å². The zero-order valence-corrected chi connectivity index (χ0v) is 13.4. The van der Waals surface area contributed by atoms with Crippen molar-refractivity contribution in [3.63, 3.8) is 0 Å². The average molecular weight is 331 g/mol. The summed E-state index contributed by atoms with van der Waals surface area (Å²) < 4.78 is 11.2. The number of aromatic nitrogens is 3. The van der Waals surface area contributed by atoms with Crippen molar-refractivity contribution < 1.29 is 9.47 Å². The summed E-state index contributed by atoms with van der Waals surface area (Å²) in [5.41, 5.74) is 1.24. The highest BCUT2D eigenvalue weighted by molar-refractivity contribution is 7.71. The molecule has 0 unspecified atom stereocenters.